The summed E-state index contributed by atoms with van der Waals surface area (Å²) >= 11 is 0. The van der Waals surface area contributed by atoms with Crippen molar-refractivity contribution >= 4 is 11.9 Å². The van der Waals surface area contributed by atoms with Gasteiger partial charge in [0.15, 0.2) is 0 Å². The van der Waals surface area contributed by atoms with Gasteiger partial charge in [-0.05, 0) is 23.2 Å². The number of hydrazine groups is 1. The fourth-order valence-corrected chi connectivity index (χ4v) is 0.862. The molecule has 6 heteroatoms. The summed E-state index contributed by atoms with van der Waals surface area (Å²) < 4.78 is 0. The van der Waals surface area contributed by atoms with Gasteiger partial charge < -0.3 is 5.43 Å². The average molecular weight is 190 g/mol. The lowest BCUT2D eigenvalue weighted by molar-refractivity contribution is 1.21. The molecule has 0 radical (unpaired) electrons. The Labute approximate surface area is 81.0 Å². The molecule has 0 aliphatic carbocycles. The number of nitrogen functional groups attached to an aromatic ring is 1. The molecular weight excluding hydrogens is 180 g/mol. The molecule has 1 heterocycles. The van der Waals surface area contributed by atoms with E-state index in [4.69, 9.17) is 11.4 Å². The van der Waals surface area contributed by atoms with Crippen molar-refractivity contribution in [1.29, 1.82) is 0 Å². The highest BCUT2D eigenvalue weighted by atomic mass is 15.2. The molecule has 0 saturated heterocycles. The maximum Gasteiger partial charge on any atom is 0.139 e. The molecule has 72 valence electrons. The second kappa shape index (κ2) is 5.58. The van der Waals surface area contributed by atoms with Crippen LogP contribution in [0.15, 0.2) is 29.5 Å². The molecule has 0 atom stereocenters. The third-order valence-electron chi connectivity index (χ3n) is 1.49. The lowest BCUT2D eigenvalue weighted by Gasteiger charge is -1.97. The molecule has 0 fully saturated rings. The van der Waals surface area contributed by atoms with E-state index in [2.05, 4.69) is 20.4 Å². The molecule has 0 aliphatic heterocycles. The summed E-state index contributed by atoms with van der Waals surface area (Å²) in [4.78, 5) is 6.63. The monoisotopic (exact) mass is 190 g/mol. The largest absolute Gasteiger partial charge is 0.308 e. The standard InChI is InChI=1S/C8H10N6/c9-13-8-4-3-7(6-11-8)2-1-5-12-14-10/h1-4,6H,5,9H2,(H,11,13). The molecule has 0 bridgehead atoms. The predicted molar refractivity (Wildman–Crippen MR) is 55.1 cm³/mol. The van der Waals surface area contributed by atoms with E-state index < -0.39 is 0 Å². The Balaban J connectivity index is 2.59. The molecule has 0 amide bonds. The second-order valence-electron chi connectivity index (χ2n) is 2.44. The minimum Gasteiger partial charge on any atom is -0.308 e. The van der Waals surface area contributed by atoms with E-state index in [0.29, 0.717) is 12.4 Å². The van der Waals surface area contributed by atoms with Gasteiger partial charge in [-0.1, -0.05) is 17.3 Å². The first-order valence-electron chi connectivity index (χ1n) is 3.97. The van der Waals surface area contributed by atoms with Crippen LogP contribution in [0.3, 0.4) is 0 Å². The Morgan fingerprint density at radius 2 is 2.50 bits per heavy atom. The van der Waals surface area contributed by atoms with E-state index in [9.17, 15) is 0 Å². The predicted octanol–water partition coefficient (Wildman–Crippen LogP) is 1.69. The first kappa shape index (κ1) is 10.0. The molecule has 1 rings (SSSR count). The zero-order valence-electron chi connectivity index (χ0n) is 7.46. The van der Waals surface area contributed by atoms with Crippen LogP contribution < -0.4 is 11.3 Å². The van der Waals surface area contributed by atoms with E-state index in [1.54, 1.807) is 18.3 Å². The molecule has 0 aromatic carbocycles. The minimum absolute atomic E-state index is 0.341. The molecule has 3 N–H and O–H groups in total. The Hall–Kier alpha value is -2.04. The number of hydrogen-bond donors (Lipinski definition) is 2. The summed E-state index contributed by atoms with van der Waals surface area (Å²) in [5, 5.41) is 3.36. The second-order valence-corrected chi connectivity index (χ2v) is 2.44. The summed E-state index contributed by atoms with van der Waals surface area (Å²) in [5.41, 5.74) is 11.4. The van der Waals surface area contributed by atoms with Crippen LogP contribution in [0.5, 0.6) is 0 Å². The summed E-state index contributed by atoms with van der Waals surface area (Å²) in [6.07, 6.45) is 5.25. The van der Waals surface area contributed by atoms with Crippen LogP contribution in [0.2, 0.25) is 0 Å². The first-order chi connectivity index (χ1) is 6.86. The molecular formula is C8H10N6. The number of hydrogen-bond acceptors (Lipinski definition) is 4. The van der Waals surface area contributed by atoms with Crippen LogP contribution in [0.1, 0.15) is 5.56 Å². The number of azide groups is 1. The van der Waals surface area contributed by atoms with Gasteiger partial charge in [-0.15, -0.1) is 0 Å². The van der Waals surface area contributed by atoms with Crippen molar-refractivity contribution in [2.45, 2.75) is 0 Å². The zero-order valence-corrected chi connectivity index (χ0v) is 7.46. The smallest absolute Gasteiger partial charge is 0.139 e. The quantitative estimate of drug-likeness (QED) is 0.248. The van der Waals surface area contributed by atoms with Crippen molar-refractivity contribution in [3.63, 3.8) is 0 Å². The molecule has 0 saturated carbocycles. The SMILES string of the molecule is [N-]=[N+]=NCC=Cc1ccc(NN)nc1. The maximum atomic E-state index is 8.02. The average Bonchev–Trinajstić information content (AvgIpc) is 2.25. The topological polar surface area (TPSA) is 99.7 Å². The van der Waals surface area contributed by atoms with Gasteiger partial charge in [0.05, 0.1) is 0 Å². The summed E-state index contributed by atoms with van der Waals surface area (Å²) in [6.45, 7) is 0.341. The molecule has 6 nitrogen and oxygen atoms in total. The molecule has 14 heavy (non-hydrogen) atoms. The molecule has 0 aliphatic rings. The molecule has 1 aromatic heterocycles. The lowest BCUT2D eigenvalue weighted by atomic mass is 10.2. The van der Waals surface area contributed by atoms with Crippen molar-refractivity contribution < 1.29 is 0 Å². The fraction of sp³-hybridized carbons (Fsp3) is 0.125. The third kappa shape index (κ3) is 3.14. The number of anilines is 1. The minimum atomic E-state index is 0.341. The van der Waals surface area contributed by atoms with Crippen molar-refractivity contribution in [3.05, 3.63) is 40.4 Å². The van der Waals surface area contributed by atoms with E-state index >= 15 is 0 Å². The van der Waals surface area contributed by atoms with E-state index in [1.165, 1.54) is 0 Å². The van der Waals surface area contributed by atoms with E-state index in [0.717, 1.165) is 5.56 Å². The van der Waals surface area contributed by atoms with E-state index in [1.807, 2.05) is 12.1 Å². The maximum absolute atomic E-state index is 8.02. The zero-order chi connectivity index (χ0) is 10.2. The number of nitrogens with zero attached hydrogens (tertiary/aromatic N) is 4. The Bertz CT molecular complexity index is 349. The summed E-state index contributed by atoms with van der Waals surface area (Å²) in [5.74, 6) is 5.76. The number of aromatic nitrogens is 1. The van der Waals surface area contributed by atoms with Crippen LogP contribution >= 0.6 is 0 Å². The van der Waals surface area contributed by atoms with Gasteiger partial charge in [0.2, 0.25) is 0 Å². The number of pyridine rings is 1. The molecule has 1 aromatic rings. The summed E-state index contributed by atoms with van der Waals surface area (Å²) in [7, 11) is 0. The normalized spacial score (nSPS) is 9.79. The molecule has 0 unspecified atom stereocenters. The van der Waals surface area contributed by atoms with Crippen molar-refractivity contribution in [3.8, 4) is 0 Å². The van der Waals surface area contributed by atoms with E-state index in [-0.39, 0.29) is 0 Å². The van der Waals surface area contributed by atoms with Gasteiger partial charge in [0.1, 0.15) is 5.82 Å². The summed E-state index contributed by atoms with van der Waals surface area (Å²) in [6, 6.07) is 3.61. The van der Waals surface area contributed by atoms with Crippen LogP contribution in [0.4, 0.5) is 5.82 Å². The van der Waals surface area contributed by atoms with Crippen LogP contribution in [0.25, 0.3) is 16.5 Å². The lowest BCUT2D eigenvalue weighted by Crippen LogP contribution is -2.07. The van der Waals surface area contributed by atoms with Gasteiger partial charge in [-0.2, -0.15) is 0 Å². The van der Waals surface area contributed by atoms with Crippen LogP contribution in [-0.4, -0.2) is 11.5 Å². The fourth-order valence-electron chi connectivity index (χ4n) is 0.862. The van der Waals surface area contributed by atoms with Gasteiger partial charge in [-0.3, -0.25) is 0 Å². The van der Waals surface area contributed by atoms with Crippen LogP contribution in [-0.2, 0) is 0 Å². The number of nitrogens with one attached hydrogen (secondary N) is 1. The third-order valence-corrected chi connectivity index (χ3v) is 1.49. The van der Waals surface area contributed by atoms with Crippen LogP contribution in [0, 0.1) is 0 Å². The van der Waals surface area contributed by atoms with Gasteiger partial charge >= 0.3 is 0 Å². The van der Waals surface area contributed by atoms with Crippen molar-refractivity contribution in [2.75, 3.05) is 12.0 Å². The van der Waals surface area contributed by atoms with Gasteiger partial charge in [-0.25, -0.2) is 10.8 Å². The Morgan fingerprint density at radius 3 is 3.07 bits per heavy atom. The Morgan fingerprint density at radius 1 is 1.64 bits per heavy atom. The highest BCUT2D eigenvalue weighted by Gasteiger charge is 1.89. The highest BCUT2D eigenvalue weighted by molar-refractivity contribution is 5.50. The number of rotatable bonds is 4. The van der Waals surface area contributed by atoms with Gasteiger partial charge in [0, 0.05) is 17.7 Å². The highest BCUT2D eigenvalue weighted by Crippen LogP contribution is 2.04. The van der Waals surface area contributed by atoms with Crippen molar-refractivity contribution in [2.24, 2.45) is 11.0 Å². The Kier molecular flexibility index (Phi) is 4.00. The van der Waals surface area contributed by atoms with Crippen molar-refractivity contribution in [1.82, 2.24) is 4.98 Å². The van der Waals surface area contributed by atoms with Gasteiger partial charge in [0.25, 0.3) is 0 Å². The molecule has 0 spiro atoms. The first-order valence-corrected chi connectivity index (χ1v) is 3.97. The number of nitrogens with two attached hydrogens (primary N) is 1.